The van der Waals surface area contributed by atoms with Crippen LogP contribution in [0, 0.1) is 0 Å². The van der Waals surface area contributed by atoms with Crippen molar-refractivity contribution in [3.05, 3.63) is 123 Å². The van der Waals surface area contributed by atoms with E-state index in [0.29, 0.717) is 92.3 Å². The quantitative estimate of drug-likeness (QED) is 0.0658. The maximum Gasteiger partial charge on any atom is 0.256 e. The molecule has 18 heteroatoms. The summed E-state index contributed by atoms with van der Waals surface area (Å²) in [5.41, 5.74) is 5.90. The second-order valence-electron chi connectivity index (χ2n) is 20.2. The summed E-state index contributed by atoms with van der Waals surface area (Å²) in [6, 6.07) is 22.5. The number of fused-ring (bicyclic) bond motifs is 6. The third kappa shape index (κ3) is 12.8. The van der Waals surface area contributed by atoms with Crippen molar-refractivity contribution in [2.75, 3.05) is 40.0 Å². The molecule has 0 unspecified atom stereocenters. The molecule has 6 aliphatic rings. The van der Waals surface area contributed by atoms with Crippen molar-refractivity contribution in [1.29, 1.82) is 0 Å². The summed E-state index contributed by atoms with van der Waals surface area (Å²) < 4.78 is 30.5. The number of benzene rings is 5. The first-order valence-electron chi connectivity index (χ1n) is 26.8. The van der Waals surface area contributed by atoms with E-state index in [-0.39, 0.29) is 102 Å². The third-order valence-electron chi connectivity index (χ3n) is 15.0. The van der Waals surface area contributed by atoms with Gasteiger partial charge in [0.2, 0.25) is 0 Å². The van der Waals surface area contributed by atoms with Gasteiger partial charge in [0.25, 0.3) is 17.7 Å². The Bertz CT molecular complexity index is 3050. The van der Waals surface area contributed by atoms with Gasteiger partial charge in [0.05, 0.1) is 72.2 Å². The summed E-state index contributed by atoms with van der Waals surface area (Å²) in [4.78, 5) is 70.6. The number of rotatable bonds is 15. The average Bonchev–Trinajstić information content (AvgIpc) is 3.79. The Hall–Kier alpha value is -8.09. The summed E-state index contributed by atoms with van der Waals surface area (Å²) in [6.45, 7) is 3.74. The molecule has 0 radical (unpaired) electrons. The van der Waals surface area contributed by atoms with E-state index >= 15 is 0 Å². The summed E-state index contributed by atoms with van der Waals surface area (Å²) in [5.74, 6) is 2.20. The molecule has 6 heterocycles. The SMILES string of the molecule is C.C.COc1cc2c(cc1OCc1cc(COc3cc4c(cc3CO)C(=O)N3CCCC[C@H]3C=N4)cc(OCCOc3ccc(C(C)=O)cc3)c1)N=C[C@@H]1CCCCN1C2=O.O=C1c2cc(CO)c(O)cc2N=C[C@@H]2CCCCN12. The van der Waals surface area contributed by atoms with Crippen molar-refractivity contribution in [2.45, 2.75) is 124 Å². The molecule has 3 fully saturated rings. The molecule has 80 heavy (non-hydrogen) atoms. The minimum Gasteiger partial charge on any atom is -0.508 e. The number of aliphatic imine (C=N–C) groups is 3. The first-order valence-corrected chi connectivity index (χ1v) is 26.8. The normalized spacial score (nSPS) is 18.6. The van der Waals surface area contributed by atoms with Crippen molar-refractivity contribution >= 4 is 59.2 Å². The Morgan fingerprint density at radius 1 is 0.537 bits per heavy atom. The number of nitrogens with zero attached hydrogens (tertiary/aromatic N) is 6. The van der Waals surface area contributed by atoms with E-state index in [1.807, 2.05) is 45.3 Å². The Labute approximate surface area is 467 Å². The number of methoxy groups -OCH3 is 1. The Morgan fingerprint density at radius 2 is 0.988 bits per heavy atom. The number of hydrogen-bond acceptors (Lipinski definition) is 15. The first-order chi connectivity index (χ1) is 38.0. The van der Waals surface area contributed by atoms with Crippen LogP contribution in [0.25, 0.3) is 0 Å². The molecular weight excluding hydrogens is 1020 g/mol. The van der Waals surface area contributed by atoms with E-state index in [0.717, 1.165) is 75.5 Å². The van der Waals surface area contributed by atoms with Gasteiger partial charge in [0.1, 0.15) is 49.4 Å². The maximum absolute atomic E-state index is 13.6. The first kappa shape index (κ1) is 58.1. The van der Waals surface area contributed by atoms with Crippen LogP contribution >= 0.6 is 0 Å². The molecule has 422 valence electrons. The van der Waals surface area contributed by atoms with Gasteiger partial charge in [0, 0.05) is 73.2 Å². The molecule has 0 bridgehead atoms. The highest BCUT2D eigenvalue weighted by Crippen LogP contribution is 2.40. The minimum atomic E-state index is -0.320. The number of carbonyl (C=O) groups excluding carboxylic acids is 4. The van der Waals surface area contributed by atoms with E-state index < -0.39 is 0 Å². The molecule has 3 amide bonds. The van der Waals surface area contributed by atoms with E-state index in [4.69, 9.17) is 28.7 Å². The second-order valence-corrected chi connectivity index (χ2v) is 20.2. The van der Waals surface area contributed by atoms with Crippen molar-refractivity contribution in [2.24, 2.45) is 15.0 Å². The van der Waals surface area contributed by atoms with Gasteiger partial charge in [-0.15, -0.1) is 0 Å². The number of ether oxygens (including phenoxy) is 5. The largest absolute Gasteiger partial charge is 0.508 e. The summed E-state index contributed by atoms with van der Waals surface area (Å²) in [6.07, 6.45) is 14.3. The van der Waals surface area contributed by atoms with E-state index in [9.17, 15) is 34.5 Å². The van der Waals surface area contributed by atoms with Crippen molar-refractivity contribution in [1.82, 2.24) is 14.7 Å². The van der Waals surface area contributed by atoms with Crippen LogP contribution in [-0.4, -0.2) is 130 Å². The molecule has 3 saturated heterocycles. The van der Waals surface area contributed by atoms with E-state index in [1.54, 1.807) is 67.9 Å². The number of hydrogen-bond donors (Lipinski definition) is 3. The topological polar surface area (TPSA) is 222 Å². The average molecular weight is 1090 g/mol. The number of aromatic hydroxyl groups is 1. The summed E-state index contributed by atoms with van der Waals surface area (Å²) >= 11 is 0. The van der Waals surface area contributed by atoms with Crippen LogP contribution in [0.3, 0.4) is 0 Å². The highest BCUT2D eigenvalue weighted by atomic mass is 16.5. The van der Waals surface area contributed by atoms with Gasteiger partial charge >= 0.3 is 0 Å². The predicted molar refractivity (Wildman–Crippen MR) is 306 cm³/mol. The smallest absolute Gasteiger partial charge is 0.256 e. The lowest BCUT2D eigenvalue weighted by atomic mass is 10.0. The van der Waals surface area contributed by atoms with Gasteiger partial charge in [-0.25, -0.2) is 0 Å². The number of phenols is 1. The zero-order valence-electron chi connectivity index (χ0n) is 43.9. The van der Waals surface area contributed by atoms with Gasteiger partial charge < -0.3 is 53.7 Å². The molecule has 0 spiro atoms. The fourth-order valence-electron chi connectivity index (χ4n) is 10.7. The van der Waals surface area contributed by atoms with Crippen LogP contribution < -0.4 is 23.7 Å². The van der Waals surface area contributed by atoms with Crippen LogP contribution in [0.2, 0.25) is 0 Å². The van der Waals surface area contributed by atoms with Crippen LogP contribution in [-0.2, 0) is 26.4 Å². The predicted octanol–water partition coefficient (Wildman–Crippen LogP) is 10.3. The molecule has 0 saturated carbocycles. The zero-order valence-corrected chi connectivity index (χ0v) is 43.9. The van der Waals surface area contributed by atoms with Crippen molar-refractivity contribution in [3.8, 4) is 34.5 Å². The zero-order chi connectivity index (χ0) is 54.3. The minimum absolute atomic E-state index is 0. The van der Waals surface area contributed by atoms with Gasteiger partial charge in [-0.3, -0.25) is 34.2 Å². The number of aliphatic hydroxyl groups excluding tert-OH is 2. The number of piperidine rings is 3. The number of carbonyl (C=O) groups is 4. The molecule has 3 atom stereocenters. The maximum atomic E-state index is 13.6. The number of ketones is 1. The van der Waals surface area contributed by atoms with Gasteiger partial charge in [-0.05, 0) is 137 Å². The van der Waals surface area contributed by atoms with Gasteiger partial charge in [0.15, 0.2) is 17.3 Å². The van der Waals surface area contributed by atoms with E-state index in [1.165, 1.54) is 13.0 Å². The van der Waals surface area contributed by atoms with Gasteiger partial charge in [-0.2, -0.15) is 0 Å². The summed E-state index contributed by atoms with van der Waals surface area (Å²) in [7, 11) is 1.54. The molecule has 0 aliphatic carbocycles. The summed E-state index contributed by atoms with van der Waals surface area (Å²) in [5, 5.41) is 29.3. The molecular formula is C62H72N6O12. The number of Topliss-reactive ketones (excluding diaryl/α,β-unsaturated/α-hetero) is 1. The molecule has 6 aliphatic heterocycles. The molecule has 5 aromatic rings. The van der Waals surface area contributed by atoms with Crippen molar-refractivity contribution < 1.29 is 58.2 Å². The lowest BCUT2D eigenvalue weighted by Crippen LogP contribution is -2.43. The molecule has 11 rings (SSSR count). The lowest BCUT2D eigenvalue weighted by Gasteiger charge is -2.32. The fraction of sp³-hybridized carbons (Fsp3) is 0.403. The van der Waals surface area contributed by atoms with E-state index in [2.05, 4.69) is 9.98 Å². The Balaban J connectivity index is 0.000000337. The third-order valence-corrected chi connectivity index (χ3v) is 15.0. The van der Waals surface area contributed by atoms with Crippen LogP contribution in [0.4, 0.5) is 17.1 Å². The molecule has 0 aromatic heterocycles. The molecule has 18 nitrogen and oxygen atoms in total. The highest BCUT2D eigenvalue weighted by molar-refractivity contribution is 6.05. The number of aliphatic hydroxyl groups is 2. The Morgan fingerprint density at radius 3 is 1.48 bits per heavy atom. The highest BCUT2D eigenvalue weighted by Gasteiger charge is 2.34. The fourth-order valence-corrected chi connectivity index (χ4v) is 10.7. The Kier molecular flexibility index (Phi) is 19.1. The molecule has 5 aromatic carbocycles. The lowest BCUT2D eigenvalue weighted by molar-refractivity contribution is 0.0680. The molecule has 3 N–H and O–H groups in total. The van der Waals surface area contributed by atoms with Crippen LogP contribution in [0.15, 0.2) is 93.8 Å². The second kappa shape index (κ2) is 26.2. The standard InChI is InChI=1S/C46H48N4O9.C14H16N2O3.2CH4/c1-29(52)32-9-11-36(12-10-32)56-15-16-57-37-18-30(27-58-42-22-40-38(20-33(42)26-51)45(53)49-13-5-3-7-34(49)24-47-40)17-31(19-37)28-59-44-23-41-39(21-43(44)55-2)46(54)50-14-6-4-8-35(50)25-48-41;17-8-9-5-11-12(6-13(9)18)15-7-10-3-1-2-4-16(10)14(11)19;;/h9-12,17-25,34-35,51H,3-8,13-16,26-28H2,1-2H3;5-7,10,17-18H,1-4,8H2;2*1H4/t34-,35-;10-;;/m00../s1. The monoisotopic (exact) mass is 1090 g/mol. The van der Waals surface area contributed by atoms with Crippen LogP contribution in [0.1, 0.15) is 143 Å². The van der Waals surface area contributed by atoms with Gasteiger partial charge in [-0.1, -0.05) is 14.9 Å². The van der Waals surface area contributed by atoms with Crippen LogP contribution in [0.5, 0.6) is 34.5 Å². The number of amides is 3. The van der Waals surface area contributed by atoms with Crippen molar-refractivity contribution in [3.63, 3.8) is 0 Å².